The van der Waals surface area contributed by atoms with E-state index in [1.807, 2.05) is 4.98 Å². The SMILES string of the molecule is CNS(=O)(=O)c1ccc(-c2c(C(=O)O)c(N)[nH]c(=O)c2C(=O)O)cc1. The van der Waals surface area contributed by atoms with Gasteiger partial charge in [0.25, 0.3) is 5.56 Å². The molecule has 0 atom stereocenters. The van der Waals surface area contributed by atoms with Gasteiger partial charge in [-0.2, -0.15) is 0 Å². The minimum Gasteiger partial charge on any atom is -0.478 e. The van der Waals surface area contributed by atoms with Gasteiger partial charge in [-0.25, -0.2) is 22.7 Å². The maximum Gasteiger partial charge on any atom is 0.342 e. The van der Waals surface area contributed by atoms with Gasteiger partial charge in [0.1, 0.15) is 16.9 Å². The summed E-state index contributed by atoms with van der Waals surface area (Å²) in [4.78, 5) is 36.7. The molecule has 11 heteroatoms. The van der Waals surface area contributed by atoms with Crippen molar-refractivity contribution >= 4 is 27.8 Å². The molecule has 1 heterocycles. The first-order valence-electron chi connectivity index (χ1n) is 6.66. The summed E-state index contributed by atoms with van der Waals surface area (Å²) in [5.41, 5.74) is 2.65. The number of carboxylic acid groups (broad SMARTS) is 2. The number of nitrogen functional groups attached to an aromatic ring is 1. The van der Waals surface area contributed by atoms with E-state index in [1.54, 1.807) is 0 Å². The number of carbonyl (C=O) groups is 2. The third kappa shape index (κ3) is 3.22. The summed E-state index contributed by atoms with van der Waals surface area (Å²) in [5.74, 6) is -3.70. The minimum atomic E-state index is -3.74. The number of aromatic carboxylic acids is 2. The van der Waals surface area contributed by atoms with Gasteiger partial charge in [-0.1, -0.05) is 12.1 Å². The second-order valence-corrected chi connectivity index (χ2v) is 6.72. The molecule has 0 bridgehead atoms. The summed E-state index contributed by atoms with van der Waals surface area (Å²) >= 11 is 0. The Bertz CT molecular complexity index is 1020. The highest BCUT2D eigenvalue weighted by Crippen LogP contribution is 2.29. The molecule has 6 N–H and O–H groups in total. The second-order valence-electron chi connectivity index (χ2n) is 4.84. The molecule has 0 radical (unpaired) electrons. The standard InChI is InChI=1S/C14H13N3O7S/c1-16-25(23,24)7-4-2-6(3-5-7)8-9(13(19)20)11(15)17-12(18)10(8)14(21)22/h2-5,16H,1H3,(H,19,20)(H,21,22)(H3,15,17,18). The normalized spacial score (nSPS) is 11.2. The number of rotatable bonds is 5. The van der Waals surface area contributed by atoms with E-state index < -0.39 is 50.0 Å². The van der Waals surface area contributed by atoms with E-state index in [-0.39, 0.29) is 10.5 Å². The maximum atomic E-state index is 11.9. The molecule has 10 nitrogen and oxygen atoms in total. The summed E-state index contributed by atoms with van der Waals surface area (Å²) in [5, 5.41) is 18.6. The first-order chi connectivity index (χ1) is 11.6. The van der Waals surface area contributed by atoms with Crippen molar-refractivity contribution in [2.24, 2.45) is 0 Å². The molecule has 0 aliphatic heterocycles. The number of nitrogens with one attached hydrogen (secondary N) is 2. The fourth-order valence-corrected chi connectivity index (χ4v) is 2.98. The molecule has 0 saturated heterocycles. The van der Waals surface area contributed by atoms with Gasteiger partial charge in [-0.3, -0.25) is 4.79 Å². The third-order valence-corrected chi connectivity index (χ3v) is 4.82. The van der Waals surface area contributed by atoms with Crippen LogP contribution in [0.2, 0.25) is 0 Å². The van der Waals surface area contributed by atoms with E-state index in [0.717, 1.165) is 12.1 Å². The Morgan fingerprint density at radius 3 is 2.04 bits per heavy atom. The molecule has 25 heavy (non-hydrogen) atoms. The van der Waals surface area contributed by atoms with Crippen LogP contribution >= 0.6 is 0 Å². The van der Waals surface area contributed by atoms with Gasteiger partial charge in [0.2, 0.25) is 10.0 Å². The molecule has 1 aromatic heterocycles. The Labute approximate surface area is 141 Å². The molecule has 0 spiro atoms. The van der Waals surface area contributed by atoms with Gasteiger partial charge in [0.15, 0.2) is 0 Å². The van der Waals surface area contributed by atoms with E-state index in [9.17, 15) is 33.0 Å². The summed E-state index contributed by atoms with van der Waals surface area (Å²) in [7, 11) is -2.53. The number of pyridine rings is 1. The summed E-state index contributed by atoms with van der Waals surface area (Å²) in [6, 6.07) is 4.68. The van der Waals surface area contributed by atoms with Crippen LogP contribution in [-0.2, 0) is 10.0 Å². The van der Waals surface area contributed by atoms with Crippen molar-refractivity contribution in [3.63, 3.8) is 0 Å². The lowest BCUT2D eigenvalue weighted by Crippen LogP contribution is -2.24. The molecular weight excluding hydrogens is 354 g/mol. The molecular formula is C14H13N3O7S. The van der Waals surface area contributed by atoms with Crippen LogP contribution < -0.4 is 16.0 Å². The lowest BCUT2D eigenvalue weighted by Gasteiger charge is -2.12. The monoisotopic (exact) mass is 367 g/mol. The number of aromatic nitrogens is 1. The van der Waals surface area contributed by atoms with Crippen LogP contribution in [0, 0.1) is 0 Å². The average molecular weight is 367 g/mol. The number of nitrogens with two attached hydrogens (primary N) is 1. The Morgan fingerprint density at radius 1 is 1.08 bits per heavy atom. The van der Waals surface area contributed by atoms with Crippen LogP contribution in [0.1, 0.15) is 20.7 Å². The molecule has 0 aliphatic carbocycles. The molecule has 0 amide bonds. The zero-order valence-electron chi connectivity index (χ0n) is 12.7. The lowest BCUT2D eigenvalue weighted by atomic mass is 9.95. The third-order valence-electron chi connectivity index (χ3n) is 3.39. The number of hydrogen-bond donors (Lipinski definition) is 5. The first-order valence-corrected chi connectivity index (χ1v) is 8.14. The van der Waals surface area contributed by atoms with Crippen LogP contribution in [0.25, 0.3) is 11.1 Å². The van der Waals surface area contributed by atoms with Crippen molar-refractivity contribution in [2.45, 2.75) is 4.90 Å². The largest absolute Gasteiger partial charge is 0.478 e. The molecule has 0 aliphatic rings. The van der Waals surface area contributed by atoms with Gasteiger partial charge in [-0.05, 0) is 24.7 Å². The van der Waals surface area contributed by atoms with E-state index in [4.69, 9.17) is 5.73 Å². The number of aromatic amines is 1. The number of H-pyrrole nitrogens is 1. The highest BCUT2D eigenvalue weighted by molar-refractivity contribution is 7.89. The quantitative estimate of drug-likeness (QED) is 0.487. The smallest absolute Gasteiger partial charge is 0.342 e. The molecule has 2 rings (SSSR count). The molecule has 2 aromatic rings. The van der Waals surface area contributed by atoms with Crippen molar-refractivity contribution in [3.05, 3.63) is 45.7 Å². The van der Waals surface area contributed by atoms with Gasteiger partial charge in [0, 0.05) is 5.56 Å². The topological polar surface area (TPSA) is 180 Å². The molecule has 132 valence electrons. The first kappa shape index (κ1) is 18.2. The number of hydrogen-bond acceptors (Lipinski definition) is 6. The van der Waals surface area contributed by atoms with E-state index in [0.29, 0.717) is 0 Å². The van der Waals surface area contributed by atoms with Crippen LogP contribution in [-0.4, -0.2) is 42.6 Å². The van der Waals surface area contributed by atoms with Gasteiger partial charge in [-0.15, -0.1) is 0 Å². The Morgan fingerprint density at radius 2 is 1.60 bits per heavy atom. The second kappa shape index (κ2) is 6.37. The molecule has 0 fully saturated rings. The zero-order chi connectivity index (χ0) is 18.9. The highest BCUT2D eigenvalue weighted by Gasteiger charge is 2.26. The van der Waals surface area contributed by atoms with Gasteiger partial charge in [0.05, 0.1) is 4.90 Å². The van der Waals surface area contributed by atoms with Crippen LogP contribution in [0.4, 0.5) is 5.82 Å². The van der Waals surface area contributed by atoms with E-state index in [2.05, 4.69) is 4.72 Å². The number of anilines is 1. The van der Waals surface area contributed by atoms with Crippen molar-refractivity contribution < 1.29 is 28.2 Å². The van der Waals surface area contributed by atoms with E-state index >= 15 is 0 Å². The zero-order valence-corrected chi connectivity index (χ0v) is 13.5. The fraction of sp³-hybridized carbons (Fsp3) is 0.0714. The maximum absolute atomic E-state index is 11.9. The fourth-order valence-electron chi connectivity index (χ4n) is 2.25. The minimum absolute atomic E-state index is 0.0163. The Kier molecular flexibility index (Phi) is 4.63. The average Bonchev–Trinajstić information content (AvgIpc) is 2.53. The van der Waals surface area contributed by atoms with Crippen molar-refractivity contribution in [3.8, 4) is 11.1 Å². The van der Waals surface area contributed by atoms with Crippen molar-refractivity contribution in [1.82, 2.24) is 9.71 Å². The van der Waals surface area contributed by atoms with Crippen molar-refractivity contribution in [2.75, 3.05) is 12.8 Å². The predicted octanol–water partition coefficient (Wildman–Crippen LogP) is -0.0714. The Balaban J connectivity index is 2.84. The number of benzene rings is 1. The predicted molar refractivity (Wildman–Crippen MR) is 87.1 cm³/mol. The highest BCUT2D eigenvalue weighted by atomic mass is 32.2. The molecule has 1 aromatic carbocycles. The van der Waals surface area contributed by atoms with Crippen LogP contribution in [0.3, 0.4) is 0 Å². The number of carboxylic acids is 2. The van der Waals surface area contributed by atoms with Crippen LogP contribution in [0.15, 0.2) is 34.0 Å². The van der Waals surface area contributed by atoms with Gasteiger partial charge < -0.3 is 20.9 Å². The summed E-state index contributed by atoms with van der Waals surface area (Å²) in [6.07, 6.45) is 0. The van der Waals surface area contributed by atoms with E-state index in [1.165, 1.54) is 19.2 Å². The molecule has 0 unspecified atom stereocenters. The van der Waals surface area contributed by atoms with Gasteiger partial charge >= 0.3 is 11.9 Å². The summed E-state index contributed by atoms with van der Waals surface area (Å²) in [6.45, 7) is 0. The van der Waals surface area contributed by atoms with Crippen LogP contribution in [0.5, 0.6) is 0 Å². The number of sulfonamides is 1. The lowest BCUT2D eigenvalue weighted by molar-refractivity contribution is 0.0695. The molecule has 0 saturated carbocycles. The summed E-state index contributed by atoms with van der Waals surface area (Å²) < 4.78 is 25.6. The van der Waals surface area contributed by atoms with Crippen molar-refractivity contribution in [1.29, 1.82) is 0 Å². The Hall–Kier alpha value is -3.18.